The highest BCUT2D eigenvalue weighted by Gasteiger charge is 2.24. The van der Waals surface area contributed by atoms with Gasteiger partial charge in [-0.05, 0) is 13.0 Å². The van der Waals surface area contributed by atoms with E-state index in [1.807, 2.05) is 0 Å². The van der Waals surface area contributed by atoms with Crippen molar-refractivity contribution in [3.05, 3.63) is 12.2 Å². The van der Waals surface area contributed by atoms with Crippen LogP contribution in [-0.2, 0) is 19.1 Å². The van der Waals surface area contributed by atoms with Gasteiger partial charge in [-0.3, -0.25) is 4.79 Å². The number of carbonyl (C=O) groups is 2. The zero-order valence-electron chi connectivity index (χ0n) is 6.94. The molecule has 0 aromatic heterocycles. The number of cyclic esters (lactones) is 1. The van der Waals surface area contributed by atoms with Crippen molar-refractivity contribution in [3.8, 4) is 0 Å². The molecule has 0 fully saturated rings. The summed E-state index contributed by atoms with van der Waals surface area (Å²) in [5.41, 5.74) is 0. The van der Waals surface area contributed by atoms with Gasteiger partial charge in [0.15, 0.2) is 6.10 Å². The average molecular weight is 170 g/mol. The van der Waals surface area contributed by atoms with Crippen LogP contribution in [0.25, 0.3) is 0 Å². The van der Waals surface area contributed by atoms with Gasteiger partial charge in [0.1, 0.15) is 6.10 Å². The SMILES string of the molecule is CC(=O)O[C@H]1C=CC(=O)O[C@@H]1C. The standard InChI is InChI=1S/C8H10O4/c1-5-7(12-6(2)9)3-4-8(10)11-5/h3-5,7H,1-2H3/t5-,7+/m1/s1. The van der Waals surface area contributed by atoms with Crippen molar-refractivity contribution in [2.24, 2.45) is 0 Å². The second kappa shape index (κ2) is 3.38. The van der Waals surface area contributed by atoms with Gasteiger partial charge in [0.2, 0.25) is 0 Å². The van der Waals surface area contributed by atoms with Gasteiger partial charge >= 0.3 is 11.9 Å². The first-order valence-corrected chi connectivity index (χ1v) is 3.65. The van der Waals surface area contributed by atoms with Crippen molar-refractivity contribution in [2.75, 3.05) is 0 Å². The molecule has 0 saturated heterocycles. The van der Waals surface area contributed by atoms with Crippen LogP contribution in [0.5, 0.6) is 0 Å². The van der Waals surface area contributed by atoms with Gasteiger partial charge in [-0.2, -0.15) is 0 Å². The largest absolute Gasteiger partial charge is 0.455 e. The van der Waals surface area contributed by atoms with Gasteiger partial charge in [-0.25, -0.2) is 4.79 Å². The van der Waals surface area contributed by atoms with E-state index in [9.17, 15) is 9.59 Å². The average Bonchev–Trinajstić information content (AvgIpc) is 1.94. The van der Waals surface area contributed by atoms with Gasteiger partial charge in [0.25, 0.3) is 0 Å². The summed E-state index contributed by atoms with van der Waals surface area (Å²) in [7, 11) is 0. The van der Waals surface area contributed by atoms with Crippen LogP contribution < -0.4 is 0 Å². The topological polar surface area (TPSA) is 52.6 Å². The summed E-state index contributed by atoms with van der Waals surface area (Å²) in [5.74, 6) is -0.777. The Bertz CT molecular complexity index is 231. The zero-order chi connectivity index (χ0) is 9.14. The van der Waals surface area contributed by atoms with E-state index in [1.165, 1.54) is 19.1 Å². The first kappa shape index (κ1) is 8.77. The molecule has 0 amide bonds. The Morgan fingerprint density at radius 3 is 2.83 bits per heavy atom. The highest BCUT2D eigenvalue weighted by molar-refractivity contribution is 5.83. The first-order chi connectivity index (χ1) is 5.59. The lowest BCUT2D eigenvalue weighted by atomic mass is 10.2. The van der Waals surface area contributed by atoms with Crippen LogP contribution >= 0.6 is 0 Å². The summed E-state index contributed by atoms with van der Waals surface area (Å²) in [4.78, 5) is 21.2. The Kier molecular flexibility index (Phi) is 2.47. The summed E-state index contributed by atoms with van der Waals surface area (Å²) in [6.45, 7) is 2.99. The number of rotatable bonds is 1. The molecule has 4 nitrogen and oxygen atoms in total. The summed E-state index contributed by atoms with van der Waals surface area (Å²) in [5, 5.41) is 0. The first-order valence-electron chi connectivity index (χ1n) is 3.65. The fourth-order valence-electron chi connectivity index (χ4n) is 0.946. The van der Waals surface area contributed by atoms with Crippen LogP contribution in [0.1, 0.15) is 13.8 Å². The molecule has 0 aliphatic carbocycles. The minimum atomic E-state index is -0.444. The molecule has 2 atom stereocenters. The van der Waals surface area contributed by atoms with E-state index < -0.39 is 18.2 Å². The molecule has 1 heterocycles. The third-order valence-electron chi connectivity index (χ3n) is 1.49. The fraction of sp³-hybridized carbons (Fsp3) is 0.500. The third-order valence-corrected chi connectivity index (χ3v) is 1.49. The molecule has 12 heavy (non-hydrogen) atoms. The van der Waals surface area contributed by atoms with E-state index >= 15 is 0 Å². The minimum Gasteiger partial charge on any atom is -0.455 e. The lowest BCUT2D eigenvalue weighted by molar-refractivity contribution is -0.160. The van der Waals surface area contributed by atoms with Crippen molar-refractivity contribution in [2.45, 2.75) is 26.1 Å². The lowest BCUT2D eigenvalue weighted by Crippen LogP contribution is -2.33. The molecule has 1 aliphatic heterocycles. The highest BCUT2D eigenvalue weighted by atomic mass is 16.6. The summed E-state index contributed by atoms with van der Waals surface area (Å²) in [6.07, 6.45) is 1.94. The Labute approximate surface area is 70.1 Å². The monoisotopic (exact) mass is 170 g/mol. The molecule has 0 radical (unpaired) electrons. The highest BCUT2D eigenvalue weighted by Crippen LogP contribution is 2.11. The van der Waals surface area contributed by atoms with Crippen LogP contribution in [0.15, 0.2) is 12.2 Å². The molecular weight excluding hydrogens is 160 g/mol. The quantitative estimate of drug-likeness (QED) is 0.535. The van der Waals surface area contributed by atoms with Crippen LogP contribution in [0.3, 0.4) is 0 Å². The van der Waals surface area contributed by atoms with Crippen molar-refractivity contribution < 1.29 is 19.1 Å². The van der Waals surface area contributed by atoms with Crippen molar-refractivity contribution in [3.63, 3.8) is 0 Å². The van der Waals surface area contributed by atoms with Crippen molar-refractivity contribution in [1.82, 2.24) is 0 Å². The van der Waals surface area contributed by atoms with Gasteiger partial charge < -0.3 is 9.47 Å². The van der Waals surface area contributed by atoms with E-state index in [0.717, 1.165) is 0 Å². The lowest BCUT2D eigenvalue weighted by Gasteiger charge is -2.23. The summed E-state index contributed by atoms with van der Waals surface area (Å²) in [6, 6.07) is 0. The Morgan fingerprint density at radius 2 is 2.33 bits per heavy atom. The number of esters is 2. The molecular formula is C8H10O4. The predicted molar refractivity (Wildman–Crippen MR) is 40.2 cm³/mol. The van der Waals surface area contributed by atoms with E-state index in [-0.39, 0.29) is 5.97 Å². The molecule has 0 unspecified atom stereocenters. The number of hydrogen-bond donors (Lipinski definition) is 0. The van der Waals surface area contributed by atoms with E-state index in [4.69, 9.17) is 9.47 Å². The maximum Gasteiger partial charge on any atom is 0.330 e. The van der Waals surface area contributed by atoms with E-state index in [1.54, 1.807) is 6.92 Å². The van der Waals surface area contributed by atoms with Crippen LogP contribution in [-0.4, -0.2) is 24.1 Å². The number of carbonyl (C=O) groups excluding carboxylic acids is 2. The fourth-order valence-corrected chi connectivity index (χ4v) is 0.946. The Morgan fingerprint density at radius 1 is 1.67 bits per heavy atom. The molecule has 0 saturated carbocycles. The second-order valence-corrected chi connectivity index (χ2v) is 2.58. The van der Waals surface area contributed by atoms with Crippen LogP contribution in [0.4, 0.5) is 0 Å². The molecule has 1 aliphatic rings. The summed E-state index contributed by atoms with van der Waals surface area (Å²) >= 11 is 0. The van der Waals surface area contributed by atoms with Gasteiger partial charge in [0.05, 0.1) is 0 Å². The maximum absolute atomic E-state index is 10.7. The molecule has 66 valence electrons. The normalized spacial score (nSPS) is 28.0. The van der Waals surface area contributed by atoms with Crippen LogP contribution in [0, 0.1) is 0 Å². The smallest absolute Gasteiger partial charge is 0.330 e. The zero-order valence-corrected chi connectivity index (χ0v) is 6.94. The van der Waals surface area contributed by atoms with E-state index in [0.29, 0.717) is 0 Å². The predicted octanol–water partition coefficient (Wildman–Crippen LogP) is 0.420. The molecule has 0 aromatic rings. The summed E-state index contributed by atoms with van der Waals surface area (Å²) < 4.78 is 9.65. The minimum absolute atomic E-state index is 0.380. The van der Waals surface area contributed by atoms with E-state index in [2.05, 4.69) is 0 Å². The number of hydrogen-bond acceptors (Lipinski definition) is 4. The van der Waals surface area contributed by atoms with Crippen LogP contribution in [0.2, 0.25) is 0 Å². The third kappa shape index (κ3) is 2.08. The molecule has 4 heteroatoms. The van der Waals surface area contributed by atoms with Gasteiger partial charge in [0, 0.05) is 13.0 Å². The molecule has 0 aromatic carbocycles. The van der Waals surface area contributed by atoms with Gasteiger partial charge in [-0.15, -0.1) is 0 Å². The number of ether oxygens (including phenoxy) is 2. The van der Waals surface area contributed by atoms with Crippen molar-refractivity contribution >= 4 is 11.9 Å². The molecule has 1 rings (SSSR count). The molecule has 0 spiro atoms. The maximum atomic E-state index is 10.7. The molecule has 0 bridgehead atoms. The van der Waals surface area contributed by atoms with Crippen molar-refractivity contribution in [1.29, 1.82) is 0 Å². The Hall–Kier alpha value is -1.32. The molecule has 0 N–H and O–H groups in total. The second-order valence-electron chi connectivity index (χ2n) is 2.58. The van der Waals surface area contributed by atoms with Gasteiger partial charge in [-0.1, -0.05) is 0 Å². The Balaban J connectivity index is 2.60.